The number of halogens is 3. The van der Waals surface area contributed by atoms with Gasteiger partial charge in [0.1, 0.15) is 0 Å². The molecule has 0 aliphatic carbocycles. The molecule has 1 atom stereocenters. The number of pyridine rings is 1. The van der Waals surface area contributed by atoms with Crippen LogP contribution in [0.5, 0.6) is 0 Å². The minimum Gasteiger partial charge on any atom is -0.619 e. The lowest BCUT2D eigenvalue weighted by molar-refractivity contribution is -0.607. The molecule has 3 rings (SSSR count). The van der Waals surface area contributed by atoms with Crippen LogP contribution >= 0.6 is 0 Å². The summed E-state index contributed by atoms with van der Waals surface area (Å²) in [4.78, 5) is 12.9. The van der Waals surface area contributed by atoms with Crippen LogP contribution in [0, 0.1) is 11.0 Å². The molecule has 5 nitrogen and oxygen atoms in total. The molecule has 1 amide bonds. The number of amides is 1. The zero-order valence-corrected chi connectivity index (χ0v) is 12.5. The van der Waals surface area contributed by atoms with Gasteiger partial charge in [-0.25, -0.2) is 0 Å². The maximum atomic E-state index is 14.4. The Morgan fingerprint density at radius 3 is 2.71 bits per heavy atom. The lowest BCUT2D eigenvalue weighted by Gasteiger charge is -2.17. The number of nitrogens with zero attached hydrogens (tertiary/aromatic N) is 2. The lowest BCUT2D eigenvalue weighted by Crippen LogP contribution is -2.35. The summed E-state index contributed by atoms with van der Waals surface area (Å²) in [6.45, 7) is 0.875. The Labute approximate surface area is 135 Å². The van der Waals surface area contributed by atoms with Crippen molar-refractivity contribution >= 4 is 11.6 Å². The molecule has 2 aromatic rings. The highest BCUT2D eigenvalue weighted by molar-refractivity contribution is 6.06. The van der Waals surface area contributed by atoms with Gasteiger partial charge >= 0.3 is 11.8 Å². The molecular weight excluding hydrogens is 325 g/mol. The van der Waals surface area contributed by atoms with Crippen LogP contribution in [-0.4, -0.2) is 11.0 Å². The minimum absolute atomic E-state index is 0.0562. The first-order valence-electron chi connectivity index (χ1n) is 7.12. The second-order valence-corrected chi connectivity index (χ2v) is 5.56. The van der Waals surface area contributed by atoms with Crippen LogP contribution in [0.3, 0.4) is 0 Å². The number of aromatic nitrogens is 1. The predicted octanol–water partition coefficient (Wildman–Crippen LogP) is 2.15. The van der Waals surface area contributed by atoms with Crippen molar-refractivity contribution < 1.29 is 27.8 Å². The van der Waals surface area contributed by atoms with Gasteiger partial charge in [-0.3, -0.25) is 4.79 Å². The van der Waals surface area contributed by atoms with E-state index >= 15 is 0 Å². The van der Waals surface area contributed by atoms with Crippen molar-refractivity contribution in [2.24, 2.45) is 0 Å². The molecule has 1 aromatic carbocycles. The van der Waals surface area contributed by atoms with Crippen molar-refractivity contribution in [1.82, 2.24) is 0 Å². The van der Waals surface area contributed by atoms with E-state index in [2.05, 4.69) is 0 Å². The third kappa shape index (κ3) is 2.39. The van der Waals surface area contributed by atoms with Crippen molar-refractivity contribution in [2.75, 3.05) is 4.90 Å². The first-order chi connectivity index (χ1) is 11.2. The molecule has 24 heavy (non-hydrogen) atoms. The van der Waals surface area contributed by atoms with Gasteiger partial charge in [0.2, 0.25) is 6.20 Å². The molecule has 1 aliphatic rings. The van der Waals surface area contributed by atoms with E-state index in [1.165, 1.54) is 25.1 Å². The number of carbonyl (C=O) groups is 1. The number of carbonyl (C=O) groups excluding carboxylic acids is 1. The van der Waals surface area contributed by atoms with Crippen LogP contribution in [0.1, 0.15) is 29.7 Å². The zero-order valence-electron chi connectivity index (χ0n) is 12.5. The molecule has 0 saturated heterocycles. The Hall–Kier alpha value is -2.61. The Morgan fingerprint density at radius 1 is 1.38 bits per heavy atom. The van der Waals surface area contributed by atoms with Gasteiger partial charge in [0.05, 0.1) is 23.9 Å². The van der Waals surface area contributed by atoms with E-state index in [-0.39, 0.29) is 21.5 Å². The first kappa shape index (κ1) is 16.3. The number of aliphatic hydroxyl groups excluding tert-OH is 1. The predicted molar refractivity (Wildman–Crippen MR) is 77.5 cm³/mol. The van der Waals surface area contributed by atoms with Crippen molar-refractivity contribution in [3.05, 3.63) is 64.4 Å². The Bertz CT molecular complexity index is 824. The van der Waals surface area contributed by atoms with Crippen molar-refractivity contribution in [1.29, 1.82) is 0 Å². The second kappa shape index (κ2) is 5.48. The quantitative estimate of drug-likeness (QED) is 0.689. The fraction of sp³-hybridized carbons (Fsp3) is 0.250. The summed E-state index contributed by atoms with van der Waals surface area (Å²) in [5, 5.41) is 20.7. The fourth-order valence-electron chi connectivity index (χ4n) is 2.79. The van der Waals surface area contributed by atoms with Gasteiger partial charge in [0.25, 0.3) is 0 Å². The van der Waals surface area contributed by atoms with Gasteiger partial charge in [0, 0.05) is 11.6 Å². The van der Waals surface area contributed by atoms with Crippen molar-refractivity contribution in [2.45, 2.75) is 25.5 Å². The van der Waals surface area contributed by atoms with E-state index in [1.807, 2.05) is 0 Å². The number of hydrogen-bond acceptors (Lipinski definition) is 3. The molecule has 0 unspecified atom stereocenters. The highest BCUT2D eigenvalue weighted by Gasteiger charge is 2.54. The van der Waals surface area contributed by atoms with E-state index < -0.39 is 35.9 Å². The maximum absolute atomic E-state index is 14.4. The molecule has 0 fully saturated rings. The topological polar surface area (TPSA) is 67.5 Å². The molecule has 0 radical (unpaired) electrons. The number of fused-ring (bicyclic) bond motifs is 1. The van der Waals surface area contributed by atoms with Gasteiger partial charge in [0.15, 0.2) is 12.0 Å². The van der Waals surface area contributed by atoms with E-state index in [0.29, 0.717) is 6.20 Å². The number of aliphatic hydroxyl groups is 1. The number of alkyl halides is 2. The summed E-state index contributed by atoms with van der Waals surface area (Å²) in [7, 11) is 0. The fourth-order valence-corrected chi connectivity index (χ4v) is 2.79. The molecule has 0 spiro atoms. The molecule has 0 bridgehead atoms. The van der Waals surface area contributed by atoms with Gasteiger partial charge in [-0.05, 0) is 18.6 Å². The number of hydrogen-bond donors (Lipinski definition) is 1. The van der Waals surface area contributed by atoms with Crippen LogP contribution in [0.25, 0.3) is 0 Å². The van der Waals surface area contributed by atoms with Crippen LogP contribution in [-0.2, 0) is 17.3 Å². The first-order valence-corrected chi connectivity index (χ1v) is 7.12. The maximum Gasteiger partial charge on any atom is 0.352 e. The standard InChI is InChI=1S/C16H13F3N2O3/c1-9(22)11-3-2-4-13-14(11)16(18,19)15(23)21(13)7-10-5-6-20(24)8-12(10)17/h2-6,8-9,22H,7H2,1H3/t9-/m0/s1. The number of rotatable bonds is 3. The summed E-state index contributed by atoms with van der Waals surface area (Å²) in [5.74, 6) is -6.21. The van der Waals surface area contributed by atoms with Gasteiger partial charge in [-0.15, -0.1) is 0 Å². The normalized spacial score (nSPS) is 17.0. The van der Waals surface area contributed by atoms with Crippen LogP contribution in [0.4, 0.5) is 18.9 Å². The molecule has 8 heteroatoms. The third-order valence-corrected chi connectivity index (χ3v) is 3.94. The van der Waals surface area contributed by atoms with Crippen molar-refractivity contribution in [3.63, 3.8) is 0 Å². The highest BCUT2D eigenvalue weighted by atomic mass is 19.3. The highest BCUT2D eigenvalue weighted by Crippen LogP contribution is 2.47. The number of benzene rings is 1. The van der Waals surface area contributed by atoms with E-state index in [0.717, 1.165) is 17.2 Å². The summed E-state index contributed by atoms with van der Waals surface area (Å²) in [6, 6.07) is 5.20. The van der Waals surface area contributed by atoms with Gasteiger partial charge in [-0.1, -0.05) is 12.1 Å². The van der Waals surface area contributed by atoms with Crippen molar-refractivity contribution in [3.8, 4) is 0 Å². The number of anilines is 1. The van der Waals surface area contributed by atoms with Crippen LogP contribution in [0.15, 0.2) is 36.7 Å². The summed E-state index contributed by atoms with van der Waals surface area (Å²) in [6.07, 6.45) is 0.484. The molecule has 1 aliphatic heterocycles. The Balaban J connectivity index is 2.09. The van der Waals surface area contributed by atoms with Gasteiger partial charge in [-0.2, -0.15) is 17.9 Å². The Morgan fingerprint density at radius 2 is 2.08 bits per heavy atom. The minimum atomic E-state index is -3.81. The average Bonchev–Trinajstić information content (AvgIpc) is 2.70. The summed E-state index contributed by atoms with van der Waals surface area (Å²) >= 11 is 0. The largest absolute Gasteiger partial charge is 0.619 e. The smallest absolute Gasteiger partial charge is 0.352 e. The molecule has 0 saturated carbocycles. The third-order valence-electron chi connectivity index (χ3n) is 3.94. The Kier molecular flexibility index (Phi) is 3.71. The second-order valence-electron chi connectivity index (χ2n) is 5.56. The van der Waals surface area contributed by atoms with Crippen LogP contribution in [0.2, 0.25) is 0 Å². The van der Waals surface area contributed by atoms with E-state index in [1.54, 1.807) is 0 Å². The molecule has 1 N–H and O–H groups in total. The van der Waals surface area contributed by atoms with Gasteiger partial charge < -0.3 is 15.2 Å². The molecule has 126 valence electrons. The summed E-state index contributed by atoms with van der Waals surface area (Å²) < 4.78 is 42.9. The average molecular weight is 338 g/mol. The molecule has 1 aromatic heterocycles. The lowest BCUT2D eigenvalue weighted by atomic mass is 9.98. The zero-order chi connectivity index (χ0) is 17.6. The summed E-state index contributed by atoms with van der Waals surface area (Å²) in [5.41, 5.74) is -0.775. The SMILES string of the molecule is C[C@H](O)c1cccc2c1C(F)(F)C(=O)N2Cc1cc[n+]([O-])cc1F. The van der Waals surface area contributed by atoms with E-state index in [9.17, 15) is 28.3 Å². The monoisotopic (exact) mass is 338 g/mol. The molecular formula is C16H13F3N2O3. The molecule has 2 heterocycles. The van der Waals surface area contributed by atoms with E-state index in [4.69, 9.17) is 0 Å². The van der Waals surface area contributed by atoms with Crippen LogP contribution < -0.4 is 9.63 Å².